The van der Waals surface area contributed by atoms with Gasteiger partial charge in [0.2, 0.25) is 0 Å². The van der Waals surface area contributed by atoms with Crippen LogP contribution in [-0.4, -0.2) is 46.4 Å². The van der Waals surface area contributed by atoms with Gasteiger partial charge in [0.05, 0.1) is 32.7 Å². The number of aromatic nitrogens is 2. The summed E-state index contributed by atoms with van der Waals surface area (Å²) in [5.41, 5.74) is 1.21. The normalized spacial score (nSPS) is 22.6. The SMILES string of the molecule is CCCCOc1ccc(CCC2(Cn3ccnc3)OCC(CO)O2)cc1. The molecule has 0 saturated carbocycles. The highest BCUT2D eigenvalue weighted by molar-refractivity contribution is 5.27. The highest BCUT2D eigenvalue weighted by atomic mass is 16.7. The fourth-order valence-electron chi connectivity index (χ4n) is 3.08. The Hall–Kier alpha value is -1.89. The summed E-state index contributed by atoms with van der Waals surface area (Å²) in [5, 5.41) is 9.39. The molecule has 2 heterocycles. The van der Waals surface area contributed by atoms with Crippen LogP contribution in [0.25, 0.3) is 0 Å². The molecule has 1 aromatic heterocycles. The van der Waals surface area contributed by atoms with Gasteiger partial charge in [-0.05, 0) is 30.5 Å². The van der Waals surface area contributed by atoms with Crippen LogP contribution in [0.3, 0.4) is 0 Å². The lowest BCUT2D eigenvalue weighted by Gasteiger charge is -2.28. The van der Waals surface area contributed by atoms with Crippen molar-refractivity contribution in [1.29, 1.82) is 0 Å². The van der Waals surface area contributed by atoms with Crippen LogP contribution in [0, 0.1) is 0 Å². The summed E-state index contributed by atoms with van der Waals surface area (Å²) < 4.78 is 19.7. The zero-order chi connectivity index (χ0) is 18.2. The number of rotatable bonds is 10. The molecule has 2 atom stereocenters. The van der Waals surface area contributed by atoms with E-state index in [1.54, 1.807) is 12.5 Å². The summed E-state index contributed by atoms with van der Waals surface area (Å²) in [5.74, 6) is 0.175. The Morgan fingerprint density at radius 2 is 2.19 bits per heavy atom. The first-order valence-corrected chi connectivity index (χ1v) is 9.33. The summed E-state index contributed by atoms with van der Waals surface area (Å²) in [6.07, 6.45) is 8.84. The van der Waals surface area contributed by atoms with E-state index >= 15 is 0 Å². The average molecular weight is 360 g/mol. The topological polar surface area (TPSA) is 65.7 Å². The molecule has 0 spiro atoms. The Morgan fingerprint density at radius 3 is 2.85 bits per heavy atom. The van der Waals surface area contributed by atoms with Gasteiger partial charge in [-0.2, -0.15) is 0 Å². The van der Waals surface area contributed by atoms with Crippen molar-refractivity contribution in [1.82, 2.24) is 9.55 Å². The first-order valence-electron chi connectivity index (χ1n) is 9.33. The highest BCUT2D eigenvalue weighted by Gasteiger charge is 2.41. The van der Waals surface area contributed by atoms with Gasteiger partial charge in [0, 0.05) is 18.8 Å². The number of imidazole rings is 1. The molecule has 0 amide bonds. The smallest absolute Gasteiger partial charge is 0.187 e. The van der Waals surface area contributed by atoms with Crippen molar-refractivity contribution in [2.75, 3.05) is 19.8 Å². The maximum absolute atomic E-state index is 9.39. The number of benzene rings is 1. The largest absolute Gasteiger partial charge is 0.494 e. The molecule has 1 N–H and O–H groups in total. The summed E-state index contributed by atoms with van der Waals surface area (Å²) >= 11 is 0. The minimum Gasteiger partial charge on any atom is -0.494 e. The molecule has 2 aromatic rings. The number of unbranched alkanes of at least 4 members (excludes halogenated alkanes) is 1. The molecule has 26 heavy (non-hydrogen) atoms. The molecule has 0 bridgehead atoms. The van der Waals surface area contributed by atoms with Crippen molar-refractivity contribution in [3.05, 3.63) is 48.5 Å². The van der Waals surface area contributed by atoms with Gasteiger partial charge < -0.3 is 23.9 Å². The second-order valence-corrected chi connectivity index (χ2v) is 6.73. The van der Waals surface area contributed by atoms with Crippen LogP contribution in [0.1, 0.15) is 31.7 Å². The number of ether oxygens (including phenoxy) is 3. The number of aliphatic hydroxyl groups excluding tert-OH is 1. The number of hydrogen-bond donors (Lipinski definition) is 1. The summed E-state index contributed by atoms with van der Waals surface area (Å²) in [4.78, 5) is 4.08. The lowest BCUT2D eigenvalue weighted by atomic mass is 10.0. The Bertz CT molecular complexity index is 644. The Labute approximate surface area is 154 Å². The van der Waals surface area contributed by atoms with Crippen LogP contribution >= 0.6 is 0 Å². The van der Waals surface area contributed by atoms with Crippen LogP contribution in [0.2, 0.25) is 0 Å². The van der Waals surface area contributed by atoms with E-state index in [1.807, 2.05) is 22.9 Å². The number of hydrogen-bond acceptors (Lipinski definition) is 5. The summed E-state index contributed by atoms with van der Waals surface area (Å²) in [7, 11) is 0. The van der Waals surface area contributed by atoms with E-state index in [1.165, 1.54) is 5.56 Å². The van der Waals surface area contributed by atoms with Crippen LogP contribution in [0.15, 0.2) is 43.0 Å². The number of aliphatic hydroxyl groups is 1. The molecule has 1 saturated heterocycles. The molecule has 0 radical (unpaired) electrons. The van der Waals surface area contributed by atoms with Gasteiger partial charge in [-0.25, -0.2) is 4.98 Å². The maximum Gasteiger partial charge on any atom is 0.187 e. The Morgan fingerprint density at radius 1 is 1.35 bits per heavy atom. The van der Waals surface area contributed by atoms with Gasteiger partial charge in [-0.15, -0.1) is 0 Å². The molecular weight excluding hydrogens is 332 g/mol. The average Bonchev–Trinajstić information content (AvgIpc) is 3.32. The molecule has 6 heteroatoms. The van der Waals surface area contributed by atoms with E-state index in [0.717, 1.165) is 31.6 Å². The third kappa shape index (κ3) is 5.06. The lowest BCUT2D eigenvalue weighted by Crippen LogP contribution is -2.37. The standard InChI is InChI=1S/C20H28N2O4/c1-2-3-12-24-18-6-4-17(5-7-18)8-9-20(15-22-11-10-21-16-22)25-14-19(13-23)26-20/h4-7,10-11,16,19,23H,2-3,8-9,12-15H2,1H3. The van der Waals surface area contributed by atoms with Crippen molar-refractivity contribution in [2.45, 2.75) is 51.0 Å². The van der Waals surface area contributed by atoms with E-state index in [2.05, 4.69) is 24.0 Å². The van der Waals surface area contributed by atoms with Crippen molar-refractivity contribution in [3.8, 4) is 5.75 Å². The summed E-state index contributed by atoms with van der Waals surface area (Å²) in [6.45, 7) is 3.85. The monoisotopic (exact) mass is 360 g/mol. The van der Waals surface area contributed by atoms with Crippen molar-refractivity contribution in [2.24, 2.45) is 0 Å². The second kappa shape index (κ2) is 9.16. The Balaban J connectivity index is 1.59. The molecule has 2 unspecified atom stereocenters. The molecule has 1 aliphatic rings. The second-order valence-electron chi connectivity index (χ2n) is 6.73. The minimum absolute atomic E-state index is 0.0323. The van der Waals surface area contributed by atoms with Crippen LogP contribution < -0.4 is 4.74 Å². The van der Waals surface area contributed by atoms with Crippen molar-refractivity contribution < 1.29 is 19.3 Å². The maximum atomic E-state index is 9.39. The molecule has 6 nitrogen and oxygen atoms in total. The lowest BCUT2D eigenvalue weighted by molar-refractivity contribution is -0.185. The van der Waals surface area contributed by atoms with E-state index < -0.39 is 5.79 Å². The van der Waals surface area contributed by atoms with Gasteiger partial charge >= 0.3 is 0 Å². The van der Waals surface area contributed by atoms with Crippen molar-refractivity contribution in [3.63, 3.8) is 0 Å². The van der Waals surface area contributed by atoms with Crippen LogP contribution in [0.5, 0.6) is 5.75 Å². The molecule has 1 aromatic carbocycles. The molecular formula is C20H28N2O4. The quantitative estimate of drug-likeness (QED) is 0.660. The fourth-order valence-corrected chi connectivity index (χ4v) is 3.08. The Kier molecular flexibility index (Phi) is 6.66. The van der Waals surface area contributed by atoms with Gasteiger partial charge in [0.15, 0.2) is 5.79 Å². The molecule has 142 valence electrons. The third-order valence-electron chi connectivity index (χ3n) is 4.58. The minimum atomic E-state index is -0.732. The summed E-state index contributed by atoms with van der Waals surface area (Å²) in [6, 6.07) is 8.20. The fraction of sp³-hybridized carbons (Fsp3) is 0.550. The van der Waals surface area contributed by atoms with Crippen molar-refractivity contribution >= 4 is 0 Å². The predicted octanol–water partition coefficient (Wildman–Crippen LogP) is 2.80. The number of aryl methyl sites for hydroxylation is 1. The van der Waals surface area contributed by atoms with Gasteiger partial charge in [0.25, 0.3) is 0 Å². The van der Waals surface area contributed by atoms with E-state index in [-0.39, 0.29) is 12.7 Å². The van der Waals surface area contributed by atoms with Gasteiger partial charge in [-0.1, -0.05) is 25.5 Å². The molecule has 3 rings (SSSR count). The molecule has 1 aliphatic heterocycles. The van der Waals surface area contributed by atoms with E-state index in [4.69, 9.17) is 14.2 Å². The number of nitrogens with zero attached hydrogens (tertiary/aromatic N) is 2. The van der Waals surface area contributed by atoms with Crippen LogP contribution in [0.4, 0.5) is 0 Å². The van der Waals surface area contributed by atoms with Gasteiger partial charge in [-0.3, -0.25) is 0 Å². The molecule has 1 fully saturated rings. The van der Waals surface area contributed by atoms with Gasteiger partial charge in [0.1, 0.15) is 11.9 Å². The predicted molar refractivity (Wildman–Crippen MR) is 98.0 cm³/mol. The first-order chi connectivity index (χ1) is 12.7. The zero-order valence-corrected chi connectivity index (χ0v) is 15.3. The van der Waals surface area contributed by atoms with E-state index in [0.29, 0.717) is 19.6 Å². The first kappa shape index (κ1) is 18.9. The van der Waals surface area contributed by atoms with Crippen LogP contribution in [-0.2, 0) is 22.4 Å². The van der Waals surface area contributed by atoms with E-state index in [9.17, 15) is 5.11 Å². The third-order valence-corrected chi connectivity index (χ3v) is 4.58. The molecule has 0 aliphatic carbocycles. The highest BCUT2D eigenvalue weighted by Crippen LogP contribution is 2.31. The zero-order valence-electron chi connectivity index (χ0n) is 15.3.